The third-order valence-corrected chi connectivity index (χ3v) is 4.35. The maximum absolute atomic E-state index is 12.0. The average Bonchev–Trinajstić information content (AvgIpc) is 3.07. The number of hydrogen-bond acceptors (Lipinski definition) is 3. The molecule has 0 bridgehead atoms. The number of rotatable bonds is 6. The third-order valence-electron chi connectivity index (χ3n) is 3.85. The lowest BCUT2D eigenvalue weighted by Crippen LogP contribution is -2.41. The lowest BCUT2D eigenvalue weighted by molar-refractivity contribution is -0.116. The molecule has 1 unspecified atom stereocenters. The van der Waals surface area contributed by atoms with Gasteiger partial charge in [0, 0.05) is 43.3 Å². The minimum absolute atomic E-state index is 0. The van der Waals surface area contributed by atoms with Gasteiger partial charge in [-0.1, -0.05) is 15.9 Å². The zero-order valence-corrected chi connectivity index (χ0v) is 18.5. The Hall–Kier alpha value is -0.870. The Labute approximate surface area is 174 Å². The van der Waals surface area contributed by atoms with Crippen LogP contribution in [0.2, 0.25) is 0 Å². The van der Waals surface area contributed by atoms with Crippen molar-refractivity contribution in [2.45, 2.75) is 32.3 Å². The summed E-state index contributed by atoms with van der Waals surface area (Å²) in [5.74, 6) is 0.667. The Bertz CT molecular complexity index is 592. The van der Waals surface area contributed by atoms with Crippen molar-refractivity contribution in [3.8, 4) is 0 Å². The molecule has 1 aliphatic heterocycles. The molecule has 0 radical (unpaired) electrons. The highest BCUT2D eigenvalue weighted by Crippen LogP contribution is 2.20. The van der Waals surface area contributed by atoms with Crippen molar-refractivity contribution in [1.82, 2.24) is 10.6 Å². The van der Waals surface area contributed by atoms with Gasteiger partial charge < -0.3 is 20.7 Å². The molecule has 0 spiro atoms. The standard InChI is InChI=1S/C17H25BrN4O2.HI/c1-12-10-13(18)5-6-15(12)22-16(23)7-8-20-17(19-2)21-11-14-4-3-9-24-14;/h5-6,10,14H,3-4,7-9,11H2,1-2H3,(H,22,23)(H2,19,20,21);1H. The molecule has 140 valence electrons. The van der Waals surface area contributed by atoms with Gasteiger partial charge >= 0.3 is 0 Å². The lowest BCUT2D eigenvalue weighted by Gasteiger charge is -2.15. The van der Waals surface area contributed by atoms with Gasteiger partial charge in [-0.25, -0.2) is 0 Å². The minimum Gasteiger partial charge on any atom is -0.376 e. The van der Waals surface area contributed by atoms with Crippen molar-refractivity contribution in [3.63, 3.8) is 0 Å². The predicted molar refractivity (Wildman–Crippen MR) is 116 cm³/mol. The number of guanidine groups is 1. The Morgan fingerprint density at radius 2 is 2.20 bits per heavy atom. The summed E-state index contributed by atoms with van der Waals surface area (Å²) < 4.78 is 6.56. The van der Waals surface area contributed by atoms with Crippen molar-refractivity contribution >= 4 is 57.5 Å². The number of halogens is 2. The number of aryl methyl sites for hydroxylation is 1. The van der Waals surface area contributed by atoms with E-state index in [1.54, 1.807) is 7.05 Å². The van der Waals surface area contributed by atoms with Crippen LogP contribution in [-0.4, -0.2) is 44.7 Å². The number of amides is 1. The van der Waals surface area contributed by atoms with Crippen LogP contribution in [0.1, 0.15) is 24.8 Å². The predicted octanol–water partition coefficient (Wildman–Crippen LogP) is 3.05. The summed E-state index contributed by atoms with van der Waals surface area (Å²) in [5.41, 5.74) is 1.86. The van der Waals surface area contributed by atoms with E-state index in [4.69, 9.17) is 4.74 Å². The number of anilines is 1. The molecule has 1 amide bonds. The molecule has 1 aliphatic rings. The normalized spacial score (nSPS) is 16.9. The molecular weight excluding hydrogens is 499 g/mol. The van der Waals surface area contributed by atoms with Gasteiger partial charge in [0.2, 0.25) is 5.91 Å². The SMILES string of the molecule is CN=C(NCCC(=O)Nc1ccc(Br)cc1C)NCC1CCCO1.I. The fourth-order valence-corrected chi connectivity index (χ4v) is 2.99. The van der Waals surface area contributed by atoms with E-state index in [1.165, 1.54) is 0 Å². The molecule has 6 nitrogen and oxygen atoms in total. The maximum Gasteiger partial charge on any atom is 0.226 e. The second-order valence-corrected chi connectivity index (χ2v) is 6.69. The number of nitrogens with zero attached hydrogens (tertiary/aromatic N) is 1. The fourth-order valence-electron chi connectivity index (χ4n) is 2.51. The number of carbonyl (C=O) groups is 1. The lowest BCUT2D eigenvalue weighted by atomic mass is 10.2. The first-order chi connectivity index (χ1) is 11.6. The van der Waals surface area contributed by atoms with Crippen LogP contribution in [0.15, 0.2) is 27.7 Å². The van der Waals surface area contributed by atoms with Crippen molar-refractivity contribution in [1.29, 1.82) is 0 Å². The van der Waals surface area contributed by atoms with Crippen LogP contribution in [-0.2, 0) is 9.53 Å². The first kappa shape index (κ1) is 22.2. The highest BCUT2D eigenvalue weighted by atomic mass is 127. The number of carbonyl (C=O) groups excluding carboxylic acids is 1. The Balaban J connectivity index is 0.00000312. The molecule has 25 heavy (non-hydrogen) atoms. The zero-order chi connectivity index (χ0) is 17.4. The van der Waals surface area contributed by atoms with E-state index >= 15 is 0 Å². The Kier molecular flexibility index (Phi) is 10.4. The van der Waals surface area contributed by atoms with Gasteiger partial charge in [-0.15, -0.1) is 24.0 Å². The Morgan fingerprint density at radius 3 is 2.84 bits per heavy atom. The molecule has 2 rings (SSSR count). The number of aliphatic imine (C=N–C) groups is 1. The second kappa shape index (κ2) is 11.7. The number of nitrogens with one attached hydrogen (secondary N) is 3. The van der Waals surface area contributed by atoms with Crippen molar-refractivity contribution in [2.24, 2.45) is 4.99 Å². The van der Waals surface area contributed by atoms with E-state index < -0.39 is 0 Å². The van der Waals surface area contributed by atoms with Gasteiger partial charge in [-0.2, -0.15) is 0 Å². The van der Waals surface area contributed by atoms with Gasteiger partial charge in [-0.05, 0) is 43.5 Å². The second-order valence-electron chi connectivity index (χ2n) is 5.77. The first-order valence-electron chi connectivity index (χ1n) is 8.20. The highest BCUT2D eigenvalue weighted by molar-refractivity contribution is 14.0. The quantitative estimate of drug-likeness (QED) is 0.304. The van der Waals surface area contributed by atoms with E-state index in [0.29, 0.717) is 18.9 Å². The van der Waals surface area contributed by atoms with E-state index in [1.807, 2.05) is 25.1 Å². The number of ether oxygens (including phenoxy) is 1. The zero-order valence-electron chi connectivity index (χ0n) is 14.6. The monoisotopic (exact) mass is 524 g/mol. The molecule has 1 fully saturated rings. The van der Waals surface area contributed by atoms with Crippen LogP contribution in [0.4, 0.5) is 5.69 Å². The molecule has 1 aromatic carbocycles. The van der Waals surface area contributed by atoms with Crippen LogP contribution in [0, 0.1) is 6.92 Å². The molecule has 8 heteroatoms. The summed E-state index contributed by atoms with van der Waals surface area (Å²) in [4.78, 5) is 16.2. The van der Waals surface area contributed by atoms with Crippen molar-refractivity contribution < 1.29 is 9.53 Å². The molecule has 1 aromatic rings. The van der Waals surface area contributed by atoms with Crippen LogP contribution in [0.25, 0.3) is 0 Å². The van der Waals surface area contributed by atoms with Crippen LogP contribution < -0.4 is 16.0 Å². The first-order valence-corrected chi connectivity index (χ1v) is 9.00. The van der Waals surface area contributed by atoms with Crippen LogP contribution in [0.5, 0.6) is 0 Å². The smallest absolute Gasteiger partial charge is 0.226 e. The number of hydrogen-bond donors (Lipinski definition) is 3. The summed E-state index contributed by atoms with van der Waals surface area (Å²) in [6.45, 7) is 4.07. The maximum atomic E-state index is 12.0. The van der Waals surface area contributed by atoms with Crippen molar-refractivity contribution in [2.75, 3.05) is 32.1 Å². The van der Waals surface area contributed by atoms with Gasteiger partial charge in [-0.3, -0.25) is 9.79 Å². The molecule has 0 aliphatic carbocycles. The van der Waals surface area contributed by atoms with E-state index in [-0.39, 0.29) is 36.0 Å². The van der Waals surface area contributed by atoms with Crippen molar-refractivity contribution in [3.05, 3.63) is 28.2 Å². The van der Waals surface area contributed by atoms with Gasteiger partial charge in [0.15, 0.2) is 5.96 Å². The molecule has 1 heterocycles. The fraction of sp³-hybridized carbons (Fsp3) is 0.529. The average molecular weight is 525 g/mol. The summed E-state index contributed by atoms with van der Waals surface area (Å²) in [5, 5.41) is 9.30. The molecular formula is C17H26BrIN4O2. The van der Waals surface area contributed by atoms with Gasteiger partial charge in [0.25, 0.3) is 0 Å². The molecule has 1 saturated heterocycles. The van der Waals surface area contributed by atoms with Gasteiger partial charge in [0.1, 0.15) is 0 Å². The third kappa shape index (κ3) is 7.91. The highest BCUT2D eigenvalue weighted by Gasteiger charge is 2.15. The summed E-state index contributed by atoms with van der Waals surface area (Å²) in [6, 6.07) is 5.79. The number of benzene rings is 1. The van der Waals surface area contributed by atoms with E-state index in [9.17, 15) is 4.79 Å². The molecule has 3 N–H and O–H groups in total. The van der Waals surface area contributed by atoms with Crippen LogP contribution in [0.3, 0.4) is 0 Å². The minimum atomic E-state index is -0.0255. The molecule has 1 atom stereocenters. The van der Waals surface area contributed by atoms with E-state index in [2.05, 4.69) is 36.9 Å². The molecule has 0 aromatic heterocycles. The summed E-state index contributed by atoms with van der Waals surface area (Å²) in [7, 11) is 1.72. The summed E-state index contributed by atoms with van der Waals surface area (Å²) >= 11 is 3.42. The van der Waals surface area contributed by atoms with E-state index in [0.717, 1.165) is 41.7 Å². The largest absolute Gasteiger partial charge is 0.376 e. The topological polar surface area (TPSA) is 74.8 Å². The summed E-state index contributed by atoms with van der Waals surface area (Å²) in [6.07, 6.45) is 2.83. The van der Waals surface area contributed by atoms with Gasteiger partial charge in [0.05, 0.1) is 6.10 Å². The molecule has 0 saturated carbocycles. The Morgan fingerprint density at radius 1 is 1.40 bits per heavy atom. The van der Waals surface area contributed by atoms with Crippen LogP contribution >= 0.6 is 39.9 Å².